The molecule has 6 nitrogen and oxygen atoms in total. The van der Waals surface area contributed by atoms with Crippen molar-refractivity contribution in [2.45, 2.75) is 6.42 Å². The van der Waals surface area contributed by atoms with Crippen LogP contribution in [0.15, 0.2) is 18.3 Å². The molecule has 1 aromatic rings. The Balaban J connectivity index is 2.24. The smallest absolute Gasteiger partial charge is 0.364 e. The third-order valence-electron chi connectivity index (χ3n) is 2.90. The predicted molar refractivity (Wildman–Crippen MR) is 60.3 cm³/mol. The molecule has 0 amide bonds. The molecule has 1 aromatic heterocycles. The van der Waals surface area contributed by atoms with Gasteiger partial charge in [0.05, 0.1) is 0 Å². The molecule has 0 aliphatic carbocycles. The lowest BCUT2D eigenvalue weighted by atomic mass is 10.1. The first kappa shape index (κ1) is 10.8. The van der Waals surface area contributed by atoms with Crippen LogP contribution in [-0.4, -0.2) is 29.5 Å². The van der Waals surface area contributed by atoms with Crippen LogP contribution in [-0.2, 0) is 0 Å². The molecule has 1 aliphatic heterocycles. The Labute approximate surface area is 93.2 Å². The number of hydrogen-bond acceptors (Lipinski definition) is 5. The van der Waals surface area contributed by atoms with Gasteiger partial charge in [-0.3, -0.25) is 0 Å². The molecule has 1 fully saturated rings. The molecule has 1 saturated heterocycles. The van der Waals surface area contributed by atoms with E-state index in [2.05, 4.69) is 4.98 Å². The summed E-state index contributed by atoms with van der Waals surface area (Å²) in [6.07, 6.45) is 2.43. The lowest BCUT2D eigenvalue weighted by Gasteiger charge is -2.17. The zero-order valence-electron chi connectivity index (χ0n) is 8.87. The van der Waals surface area contributed by atoms with Crippen LogP contribution in [0.1, 0.15) is 6.42 Å². The first-order chi connectivity index (χ1) is 7.72. The van der Waals surface area contributed by atoms with E-state index < -0.39 is 4.92 Å². The Morgan fingerprint density at radius 2 is 2.50 bits per heavy atom. The topological polar surface area (TPSA) is 85.3 Å². The Morgan fingerprint density at radius 3 is 3.12 bits per heavy atom. The lowest BCUT2D eigenvalue weighted by molar-refractivity contribution is -0.388. The quantitative estimate of drug-likeness (QED) is 0.603. The summed E-state index contributed by atoms with van der Waals surface area (Å²) < 4.78 is 0. The van der Waals surface area contributed by atoms with Crippen molar-refractivity contribution in [3.8, 4) is 0 Å². The zero-order valence-corrected chi connectivity index (χ0v) is 8.87. The summed E-state index contributed by atoms with van der Waals surface area (Å²) >= 11 is 0. The Morgan fingerprint density at radius 1 is 1.69 bits per heavy atom. The van der Waals surface area contributed by atoms with Gasteiger partial charge in [-0.2, -0.15) is 0 Å². The van der Waals surface area contributed by atoms with Gasteiger partial charge in [0.2, 0.25) is 0 Å². The molecule has 86 valence electrons. The molecule has 0 spiro atoms. The van der Waals surface area contributed by atoms with Crippen molar-refractivity contribution in [1.29, 1.82) is 0 Å². The van der Waals surface area contributed by atoms with Gasteiger partial charge in [-0.15, -0.1) is 0 Å². The lowest BCUT2D eigenvalue weighted by Crippen LogP contribution is -2.23. The maximum absolute atomic E-state index is 10.8. The normalized spacial score (nSPS) is 20.1. The fraction of sp³-hybridized carbons (Fsp3) is 0.500. The number of aromatic nitrogens is 1. The second-order valence-electron chi connectivity index (χ2n) is 3.94. The van der Waals surface area contributed by atoms with Gasteiger partial charge in [-0.05, 0) is 40.9 Å². The molecule has 0 aromatic carbocycles. The number of rotatable bonds is 3. The van der Waals surface area contributed by atoms with Crippen molar-refractivity contribution in [3.05, 3.63) is 28.4 Å². The van der Waals surface area contributed by atoms with Crippen molar-refractivity contribution < 1.29 is 4.92 Å². The highest BCUT2D eigenvalue weighted by atomic mass is 16.6. The van der Waals surface area contributed by atoms with Crippen molar-refractivity contribution in [2.24, 2.45) is 11.7 Å². The van der Waals surface area contributed by atoms with Crippen molar-refractivity contribution >= 4 is 11.5 Å². The summed E-state index contributed by atoms with van der Waals surface area (Å²) in [7, 11) is 0. The van der Waals surface area contributed by atoms with Crippen molar-refractivity contribution in [2.75, 3.05) is 24.5 Å². The number of nitrogens with two attached hydrogens (primary N) is 1. The second-order valence-corrected chi connectivity index (χ2v) is 3.94. The standard InChI is InChI=1S/C10H14N4O2/c11-6-8-3-5-13(7-8)9-2-1-4-12-10(9)14(15)16/h1-2,4,8H,3,5-7,11H2. The average Bonchev–Trinajstić information content (AvgIpc) is 2.77. The molecule has 2 N–H and O–H groups in total. The molecule has 1 unspecified atom stereocenters. The van der Waals surface area contributed by atoms with E-state index in [1.165, 1.54) is 6.20 Å². The van der Waals surface area contributed by atoms with Crippen LogP contribution in [0.25, 0.3) is 0 Å². The minimum Gasteiger partial charge on any atom is -0.364 e. The van der Waals surface area contributed by atoms with E-state index >= 15 is 0 Å². The summed E-state index contributed by atoms with van der Waals surface area (Å²) in [5.41, 5.74) is 6.20. The molecule has 6 heteroatoms. The number of pyridine rings is 1. The molecule has 0 radical (unpaired) electrons. The largest absolute Gasteiger partial charge is 0.387 e. The van der Waals surface area contributed by atoms with Gasteiger partial charge in [0, 0.05) is 13.1 Å². The van der Waals surface area contributed by atoms with Crippen molar-refractivity contribution in [3.63, 3.8) is 0 Å². The molecule has 16 heavy (non-hydrogen) atoms. The fourth-order valence-corrected chi connectivity index (χ4v) is 2.02. The Kier molecular flexibility index (Phi) is 3.00. The molecular formula is C10H14N4O2. The zero-order chi connectivity index (χ0) is 11.5. The number of nitro groups is 1. The first-order valence-electron chi connectivity index (χ1n) is 5.26. The minimum atomic E-state index is -0.439. The molecule has 0 saturated carbocycles. The van der Waals surface area contributed by atoms with Gasteiger partial charge in [0.15, 0.2) is 0 Å². The van der Waals surface area contributed by atoms with E-state index in [1.807, 2.05) is 4.90 Å². The Hall–Kier alpha value is -1.69. The highest BCUT2D eigenvalue weighted by Gasteiger charge is 2.27. The second kappa shape index (κ2) is 4.44. The van der Waals surface area contributed by atoms with Crippen LogP contribution in [0, 0.1) is 16.0 Å². The highest BCUT2D eigenvalue weighted by Crippen LogP contribution is 2.29. The fourth-order valence-electron chi connectivity index (χ4n) is 2.02. The van der Waals surface area contributed by atoms with Gasteiger partial charge in [-0.25, -0.2) is 0 Å². The molecular weight excluding hydrogens is 208 g/mol. The van der Waals surface area contributed by atoms with E-state index in [0.717, 1.165) is 19.5 Å². The van der Waals surface area contributed by atoms with Gasteiger partial charge in [0.25, 0.3) is 0 Å². The van der Waals surface area contributed by atoms with Gasteiger partial charge < -0.3 is 20.7 Å². The summed E-state index contributed by atoms with van der Waals surface area (Å²) in [4.78, 5) is 16.2. The summed E-state index contributed by atoms with van der Waals surface area (Å²) in [6, 6.07) is 3.46. The molecule has 0 bridgehead atoms. The molecule has 2 rings (SSSR count). The molecule has 2 heterocycles. The van der Waals surface area contributed by atoms with Gasteiger partial charge >= 0.3 is 5.82 Å². The van der Waals surface area contributed by atoms with E-state index in [9.17, 15) is 10.1 Å². The SMILES string of the molecule is NCC1CCN(c2cccnc2[N+](=O)[O-])C1. The number of anilines is 1. The minimum absolute atomic E-state index is 0.0693. The molecule has 1 atom stereocenters. The van der Waals surface area contributed by atoms with Crippen LogP contribution in [0.4, 0.5) is 11.5 Å². The monoisotopic (exact) mass is 222 g/mol. The van der Waals surface area contributed by atoms with Crippen molar-refractivity contribution in [1.82, 2.24) is 4.98 Å². The van der Waals surface area contributed by atoms with Gasteiger partial charge in [0.1, 0.15) is 11.9 Å². The van der Waals surface area contributed by atoms with E-state index in [4.69, 9.17) is 5.73 Å². The third-order valence-corrected chi connectivity index (χ3v) is 2.90. The maximum Gasteiger partial charge on any atom is 0.387 e. The Bertz CT molecular complexity index is 396. The van der Waals surface area contributed by atoms with Crippen LogP contribution in [0.2, 0.25) is 0 Å². The van der Waals surface area contributed by atoms with Crippen LogP contribution in [0.3, 0.4) is 0 Å². The van der Waals surface area contributed by atoms with E-state index in [-0.39, 0.29) is 5.82 Å². The highest BCUT2D eigenvalue weighted by molar-refractivity contribution is 5.59. The summed E-state index contributed by atoms with van der Waals surface area (Å²) in [6.45, 7) is 2.22. The first-order valence-corrected chi connectivity index (χ1v) is 5.26. The summed E-state index contributed by atoms with van der Waals surface area (Å²) in [5.74, 6) is 0.361. The third kappa shape index (κ3) is 1.96. The summed E-state index contributed by atoms with van der Waals surface area (Å²) in [5, 5.41) is 10.8. The van der Waals surface area contributed by atoms with Crippen LogP contribution >= 0.6 is 0 Å². The van der Waals surface area contributed by atoms with E-state index in [1.54, 1.807) is 12.1 Å². The van der Waals surface area contributed by atoms with Crippen LogP contribution < -0.4 is 10.6 Å². The van der Waals surface area contributed by atoms with E-state index in [0.29, 0.717) is 18.2 Å². The maximum atomic E-state index is 10.8. The molecule has 1 aliphatic rings. The van der Waals surface area contributed by atoms with Gasteiger partial charge in [-0.1, -0.05) is 0 Å². The predicted octanol–water partition coefficient (Wildman–Crippen LogP) is 0.775. The number of hydrogen-bond donors (Lipinski definition) is 1. The van der Waals surface area contributed by atoms with Crippen LogP contribution in [0.5, 0.6) is 0 Å². The average molecular weight is 222 g/mol. The number of nitrogens with zero attached hydrogens (tertiary/aromatic N) is 3.